The Labute approximate surface area is 164 Å². The van der Waals surface area contributed by atoms with Gasteiger partial charge in [0.2, 0.25) is 5.91 Å². The van der Waals surface area contributed by atoms with Gasteiger partial charge < -0.3 is 10.6 Å². The van der Waals surface area contributed by atoms with Crippen molar-refractivity contribution in [2.24, 2.45) is 9.98 Å². The summed E-state index contributed by atoms with van der Waals surface area (Å²) in [7, 11) is -4.81. The lowest BCUT2D eigenvalue weighted by Crippen LogP contribution is -2.51. The van der Waals surface area contributed by atoms with Crippen LogP contribution in [0.15, 0.2) is 27.0 Å². The summed E-state index contributed by atoms with van der Waals surface area (Å²) in [5.41, 5.74) is -0.422. The summed E-state index contributed by atoms with van der Waals surface area (Å²) in [6.45, 7) is 0.626. The third-order valence-corrected chi connectivity index (χ3v) is 5.82. The number of anilines is 1. The molecule has 13 heteroatoms. The van der Waals surface area contributed by atoms with Crippen LogP contribution < -0.4 is 10.6 Å². The number of nitrogens with one attached hydrogen (secondary N) is 2. The number of hydrogen-bond donors (Lipinski definition) is 2. The fourth-order valence-corrected chi connectivity index (χ4v) is 4.12. The van der Waals surface area contributed by atoms with E-state index in [1.54, 1.807) is 0 Å². The van der Waals surface area contributed by atoms with Gasteiger partial charge in [0.25, 0.3) is 10.0 Å². The molecule has 29 heavy (non-hydrogen) atoms. The molecule has 10 nitrogen and oxygen atoms in total. The SMILES string of the molecule is C[C@@H](NC(=O)CN1C(=O)Nc2ccc(F)c(F)c2S1(=O)=O)C1=NC[C](C#N)C=N1. The van der Waals surface area contributed by atoms with Gasteiger partial charge in [-0.1, -0.05) is 0 Å². The van der Waals surface area contributed by atoms with Crippen molar-refractivity contribution < 1.29 is 26.8 Å². The Bertz CT molecular complexity index is 1100. The number of amidine groups is 1. The molecule has 2 aliphatic heterocycles. The fraction of sp³-hybridized carbons (Fsp3) is 0.250. The predicted molar refractivity (Wildman–Crippen MR) is 96.5 cm³/mol. The Morgan fingerprint density at radius 1 is 1.45 bits per heavy atom. The second-order valence-electron chi connectivity index (χ2n) is 6.04. The smallest absolute Gasteiger partial charge is 0.336 e. The number of rotatable bonds is 4. The molecule has 0 aliphatic carbocycles. The third kappa shape index (κ3) is 3.79. The van der Waals surface area contributed by atoms with Gasteiger partial charge in [-0.05, 0) is 19.1 Å². The van der Waals surface area contributed by atoms with Crippen LogP contribution in [0.25, 0.3) is 0 Å². The summed E-state index contributed by atoms with van der Waals surface area (Å²) in [4.78, 5) is 31.3. The molecular weight excluding hydrogens is 410 g/mol. The van der Waals surface area contributed by atoms with Gasteiger partial charge in [0.05, 0.1) is 24.3 Å². The molecular formula is C16H13F2N6O4S. The number of carbonyl (C=O) groups is 2. The van der Waals surface area contributed by atoms with Crippen molar-refractivity contribution in [3.05, 3.63) is 29.7 Å². The number of halogens is 2. The molecule has 1 radical (unpaired) electrons. The number of nitriles is 1. The molecule has 2 aliphatic rings. The summed E-state index contributed by atoms with van der Waals surface area (Å²) in [6, 6.07) is 1.53. The Kier molecular flexibility index (Phi) is 5.29. The van der Waals surface area contributed by atoms with Gasteiger partial charge in [0.1, 0.15) is 23.2 Å². The minimum atomic E-state index is -4.81. The molecule has 2 heterocycles. The van der Waals surface area contributed by atoms with Crippen LogP contribution in [0.3, 0.4) is 0 Å². The summed E-state index contributed by atoms with van der Waals surface area (Å²) < 4.78 is 52.8. The number of urea groups is 1. The highest BCUT2D eigenvalue weighted by Crippen LogP contribution is 2.33. The van der Waals surface area contributed by atoms with Crippen LogP contribution in [0, 0.1) is 28.9 Å². The Balaban J connectivity index is 1.76. The second-order valence-corrected chi connectivity index (χ2v) is 7.84. The number of carbonyl (C=O) groups excluding carboxylic acids is 2. The van der Waals surface area contributed by atoms with E-state index in [2.05, 4.69) is 20.6 Å². The highest BCUT2D eigenvalue weighted by atomic mass is 32.2. The zero-order chi connectivity index (χ0) is 21.3. The molecule has 0 saturated heterocycles. The summed E-state index contributed by atoms with van der Waals surface area (Å²) in [5, 5.41) is 13.3. The van der Waals surface area contributed by atoms with Crippen molar-refractivity contribution in [2.45, 2.75) is 17.9 Å². The monoisotopic (exact) mass is 423 g/mol. The summed E-state index contributed by atoms with van der Waals surface area (Å²) in [6.07, 6.45) is 1.29. The van der Waals surface area contributed by atoms with E-state index in [1.807, 2.05) is 6.07 Å². The van der Waals surface area contributed by atoms with Crippen LogP contribution in [0.2, 0.25) is 0 Å². The zero-order valence-electron chi connectivity index (χ0n) is 14.8. The van der Waals surface area contributed by atoms with E-state index in [0.717, 1.165) is 6.07 Å². The Hall–Kier alpha value is -3.40. The van der Waals surface area contributed by atoms with E-state index >= 15 is 0 Å². The molecule has 0 bridgehead atoms. The highest BCUT2D eigenvalue weighted by Gasteiger charge is 2.41. The maximum atomic E-state index is 14.0. The molecule has 0 unspecified atom stereocenters. The predicted octanol–water partition coefficient (Wildman–Crippen LogP) is 0.587. The Morgan fingerprint density at radius 3 is 2.79 bits per heavy atom. The van der Waals surface area contributed by atoms with Crippen molar-refractivity contribution in [3.8, 4) is 6.07 Å². The number of sulfonamides is 1. The van der Waals surface area contributed by atoms with E-state index in [9.17, 15) is 26.8 Å². The largest absolute Gasteiger partial charge is 0.345 e. The molecule has 0 spiro atoms. The van der Waals surface area contributed by atoms with Crippen molar-refractivity contribution in [1.82, 2.24) is 9.62 Å². The minimum absolute atomic E-state index is 0.0834. The number of nitrogens with zero attached hydrogens (tertiary/aromatic N) is 4. The lowest BCUT2D eigenvalue weighted by atomic mass is 10.1. The normalized spacial score (nSPS) is 18.9. The first-order valence-corrected chi connectivity index (χ1v) is 9.54. The molecule has 2 N–H and O–H groups in total. The van der Waals surface area contributed by atoms with Crippen LogP contribution in [-0.4, -0.2) is 55.8 Å². The van der Waals surface area contributed by atoms with E-state index < -0.39 is 56.8 Å². The molecule has 1 aromatic rings. The van der Waals surface area contributed by atoms with Crippen LogP contribution in [-0.2, 0) is 14.8 Å². The average Bonchev–Trinajstić information content (AvgIpc) is 2.67. The lowest BCUT2D eigenvalue weighted by molar-refractivity contribution is -0.121. The van der Waals surface area contributed by atoms with Crippen LogP contribution >= 0.6 is 0 Å². The molecule has 151 valence electrons. The van der Waals surface area contributed by atoms with Crippen LogP contribution in [0.5, 0.6) is 0 Å². The molecule has 0 fully saturated rings. The van der Waals surface area contributed by atoms with E-state index in [-0.39, 0.29) is 16.7 Å². The van der Waals surface area contributed by atoms with Crippen molar-refractivity contribution in [1.29, 1.82) is 5.26 Å². The summed E-state index contributed by atoms with van der Waals surface area (Å²) >= 11 is 0. The number of aliphatic imine (C=N–C) groups is 2. The van der Waals surface area contributed by atoms with Gasteiger partial charge in [0, 0.05) is 6.21 Å². The first-order chi connectivity index (χ1) is 13.6. The van der Waals surface area contributed by atoms with Gasteiger partial charge in [0.15, 0.2) is 11.6 Å². The molecule has 0 aromatic heterocycles. The number of amides is 3. The first kappa shape index (κ1) is 20.3. The molecule has 0 saturated carbocycles. The highest BCUT2D eigenvalue weighted by molar-refractivity contribution is 7.90. The number of fused-ring (bicyclic) bond motifs is 1. The van der Waals surface area contributed by atoms with Gasteiger partial charge >= 0.3 is 6.03 Å². The van der Waals surface area contributed by atoms with E-state index in [1.165, 1.54) is 13.1 Å². The standard InChI is InChI=1S/C16H13F2N6O4S/c1-8(15-20-5-9(4-19)6-21-15)22-12(25)7-24-16(26)23-11-3-2-10(17)13(18)14(11)29(24,27)28/h2-3,5,8H,6-7H2,1H3,(H,22,25)(H,23,26)/t8-/m1/s1. The fourth-order valence-electron chi connectivity index (χ4n) is 2.62. The number of hydrogen-bond acceptors (Lipinski definition) is 7. The quantitative estimate of drug-likeness (QED) is 0.728. The maximum absolute atomic E-state index is 14.0. The molecule has 3 rings (SSSR count). The Morgan fingerprint density at radius 2 is 2.17 bits per heavy atom. The van der Waals surface area contributed by atoms with Crippen LogP contribution in [0.4, 0.5) is 19.3 Å². The van der Waals surface area contributed by atoms with Gasteiger partial charge in [-0.25, -0.2) is 31.3 Å². The van der Waals surface area contributed by atoms with Gasteiger partial charge in [-0.3, -0.25) is 9.79 Å². The topological polar surface area (TPSA) is 144 Å². The summed E-state index contributed by atoms with van der Waals surface area (Å²) in [5.74, 6) is -3.44. The van der Waals surface area contributed by atoms with E-state index in [4.69, 9.17) is 5.26 Å². The van der Waals surface area contributed by atoms with Crippen molar-refractivity contribution in [2.75, 3.05) is 18.4 Å². The van der Waals surface area contributed by atoms with E-state index in [0.29, 0.717) is 12.0 Å². The van der Waals surface area contributed by atoms with Gasteiger partial charge in [-0.2, -0.15) is 5.26 Å². The molecule has 3 amide bonds. The van der Waals surface area contributed by atoms with Gasteiger partial charge in [-0.15, -0.1) is 0 Å². The zero-order valence-corrected chi connectivity index (χ0v) is 15.6. The minimum Gasteiger partial charge on any atom is -0.345 e. The van der Waals surface area contributed by atoms with Crippen molar-refractivity contribution >= 4 is 39.7 Å². The number of benzene rings is 1. The average molecular weight is 423 g/mol. The molecule has 1 atom stereocenters. The maximum Gasteiger partial charge on any atom is 0.336 e. The first-order valence-electron chi connectivity index (χ1n) is 8.10. The van der Waals surface area contributed by atoms with Crippen molar-refractivity contribution in [3.63, 3.8) is 0 Å². The molecule has 1 aromatic carbocycles. The third-order valence-electron chi connectivity index (χ3n) is 4.03. The van der Waals surface area contributed by atoms with Crippen LogP contribution in [0.1, 0.15) is 6.92 Å². The second kappa shape index (κ2) is 7.55. The lowest BCUT2D eigenvalue weighted by Gasteiger charge is -2.29.